The molecule has 0 saturated heterocycles. The molecule has 0 aromatic rings. The van der Waals surface area contributed by atoms with Gasteiger partial charge in [-0.25, -0.2) is 4.57 Å². The van der Waals surface area contributed by atoms with Crippen molar-refractivity contribution in [2.45, 2.75) is 212 Å². The van der Waals surface area contributed by atoms with Crippen molar-refractivity contribution in [1.29, 1.82) is 0 Å². The van der Waals surface area contributed by atoms with E-state index in [0.29, 0.717) is 6.42 Å². The molecule has 0 fully saturated rings. The minimum atomic E-state index is -4.35. The summed E-state index contributed by atoms with van der Waals surface area (Å²) in [6, 6.07) is -0.877. The number of allylic oxidation sites excluding steroid dienone is 5. The smallest absolute Gasteiger partial charge is 0.387 e. The average Bonchev–Trinajstić information content (AvgIpc) is 3.13. The summed E-state index contributed by atoms with van der Waals surface area (Å²) in [7, 11) is -4.35. The second kappa shape index (κ2) is 39.4. The minimum absolute atomic E-state index is 0.0732. The predicted molar refractivity (Wildman–Crippen MR) is 221 cm³/mol. The first-order chi connectivity index (χ1) is 25.4. The van der Waals surface area contributed by atoms with E-state index in [4.69, 9.17) is 14.8 Å². The van der Waals surface area contributed by atoms with Crippen molar-refractivity contribution in [2.24, 2.45) is 5.73 Å². The zero-order valence-corrected chi connectivity index (χ0v) is 34.7. The molecule has 5 N–H and O–H groups in total. The van der Waals surface area contributed by atoms with Gasteiger partial charge in [-0.3, -0.25) is 13.8 Å². The number of hydrogen-bond acceptors (Lipinski definition) is 6. The molecule has 3 atom stereocenters. The summed E-state index contributed by atoms with van der Waals surface area (Å²) in [5.41, 5.74) is 5.37. The lowest BCUT2D eigenvalue weighted by molar-refractivity contribution is -0.123. The Kier molecular flexibility index (Phi) is 38.4. The third kappa shape index (κ3) is 37.1. The number of nitrogens with one attached hydrogen (secondary N) is 1. The van der Waals surface area contributed by atoms with Gasteiger partial charge < -0.3 is 21.1 Å². The van der Waals surface area contributed by atoms with Crippen LogP contribution < -0.4 is 11.1 Å². The van der Waals surface area contributed by atoms with Crippen LogP contribution in [0.2, 0.25) is 0 Å². The van der Waals surface area contributed by atoms with E-state index in [-0.39, 0.29) is 25.7 Å². The van der Waals surface area contributed by atoms with Gasteiger partial charge in [0.1, 0.15) is 0 Å². The lowest BCUT2D eigenvalue weighted by Gasteiger charge is -2.23. The Hall–Kier alpha value is -1.28. The van der Waals surface area contributed by atoms with E-state index in [2.05, 4.69) is 43.5 Å². The maximum Gasteiger partial charge on any atom is 0.472 e. The fourth-order valence-corrected chi connectivity index (χ4v) is 6.90. The van der Waals surface area contributed by atoms with E-state index in [9.17, 15) is 19.4 Å². The average molecular weight is 755 g/mol. The third-order valence-corrected chi connectivity index (χ3v) is 10.4. The molecule has 3 unspecified atom stereocenters. The maximum atomic E-state index is 12.7. The van der Waals surface area contributed by atoms with Crippen molar-refractivity contribution in [3.8, 4) is 0 Å². The highest BCUT2D eigenvalue weighted by Gasteiger charge is 2.26. The van der Waals surface area contributed by atoms with Crippen molar-refractivity contribution in [2.75, 3.05) is 19.8 Å². The minimum Gasteiger partial charge on any atom is -0.387 e. The van der Waals surface area contributed by atoms with Gasteiger partial charge in [0.15, 0.2) is 0 Å². The highest BCUT2D eigenvalue weighted by molar-refractivity contribution is 7.47. The van der Waals surface area contributed by atoms with E-state index in [1.54, 1.807) is 6.08 Å². The van der Waals surface area contributed by atoms with Crippen LogP contribution >= 0.6 is 7.82 Å². The molecule has 9 heteroatoms. The molecule has 0 rings (SSSR count). The zero-order valence-electron chi connectivity index (χ0n) is 33.8. The molecule has 0 aliphatic heterocycles. The normalized spacial score (nSPS) is 14.5. The number of nitrogens with two attached hydrogens (primary N) is 1. The lowest BCUT2D eigenvalue weighted by Crippen LogP contribution is -2.45. The number of phosphoric ester groups is 1. The molecule has 0 aliphatic rings. The van der Waals surface area contributed by atoms with Crippen LogP contribution in [0.15, 0.2) is 36.5 Å². The van der Waals surface area contributed by atoms with E-state index in [0.717, 1.165) is 38.5 Å². The number of carbonyl (C=O) groups is 1. The first-order valence-electron chi connectivity index (χ1n) is 21.6. The molecule has 0 aliphatic carbocycles. The van der Waals surface area contributed by atoms with Gasteiger partial charge in [0.25, 0.3) is 0 Å². The van der Waals surface area contributed by atoms with Gasteiger partial charge in [0.2, 0.25) is 5.91 Å². The summed E-state index contributed by atoms with van der Waals surface area (Å²) in [4.78, 5) is 22.7. The first kappa shape index (κ1) is 50.7. The number of phosphoric acid groups is 1. The molecule has 8 nitrogen and oxygen atoms in total. The number of unbranched alkanes of at least 4 members (excludes halogenated alkanes) is 24. The van der Waals surface area contributed by atoms with Gasteiger partial charge in [-0.05, 0) is 57.8 Å². The maximum absolute atomic E-state index is 12.7. The second-order valence-corrected chi connectivity index (χ2v) is 16.0. The first-order valence-corrected chi connectivity index (χ1v) is 23.1. The Morgan fingerprint density at radius 1 is 0.615 bits per heavy atom. The van der Waals surface area contributed by atoms with Crippen LogP contribution in [0.4, 0.5) is 0 Å². The number of aliphatic hydroxyl groups excluding tert-OH is 1. The Morgan fingerprint density at radius 3 is 1.48 bits per heavy atom. The molecule has 0 saturated carbocycles. The summed E-state index contributed by atoms with van der Waals surface area (Å²) in [6.07, 6.45) is 46.2. The highest BCUT2D eigenvalue weighted by atomic mass is 31.2. The number of carbonyl (C=O) groups excluding carboxylic acids is 1. The Balaban J connectivity index is 4.26. The Morgan fingerprint density at radius 2 is 1.02 bits per heavy atom. The summed E-state index contributed by atoms with van der Waals surface area (Å²) < 4.78 is 22.1. The standard InChI is InChI=1S/C43H83N2O6P/c1-3-5-7-9-11-13-15-17-19-20-21-23-25-27-29-31-33-35-37-43(47)45-41(40-51-52(48,49)50-39-38-44)42(46)36-34-32-30-28-26-24-22-18-16-14-12-10-8-6-4-2/h19-20,26,28,34,36,41-42,46H,3-18,21-25,27,29-33,35,37-40,44H2,1-2H3,(H,45,47)(H,48,49)/b20-19-,28-26+,36-34+. The van der Waals surface area contributed by atoms with E-state index >= 15 is 0 Å². The quantitative estimate of drug-likeness (QED) is 0.0278. The van der Waals surface area contributed by atoms with Crippen LogP contribution in [0.5, 0.6) is 0 Å². The number of hydrogen-bond donors (Lipinski definition) is 4. The van der Waals surface area contributed by atoms with Crippen molar-refractivity contribution in [3.05, 3.63) is 36.5 Å². The molecule has 0 spiro atoms. The zero-order chi connectivity index (χ0) is 38.2. The molecule has 0 heterocycles. The van der Waals surface area contributed by atoms with Crippen LogP contribution in [-0.4, -0.2) is 47.8 Å². The molecule has 306 valence electrons. The predicted octanol–water partition coefficient (Wildman–Crippen LogP) is 11.9. The monoisotopic (exact) mass is 755 g/mol. The van der Waals surface area contributed by atoms with Crippen molar-refractivity contribution >= 4 is 13.7 Å². The van der Waals surface area contributed by atoms with Crippen LogP contribution in [0.25, 0.3) is 0 Å². The van der Waals surface area contributed by atoms with Gasteiger partial charge in [-0.15, -0.1) is 0 Å². The molecule has 0 aromatic heterocycles. The molecule has 0 radical (unpaired) electrons. The van der Waals surface area contributed by atoms with Crippen LogP contribution in [0.1, 0.15) is 200 Å². The van der Waals surface area contributed by atoms with Crippen LogP contribution in [0, 0.1) is 0 Å². The lowest BCUT2D eigenvalue weighted by atomic mass is 10.1. The topological polar surface area (TPSA) is 131 Å². The summed E-state index contributed by atoms with van der Waals surface area (Å²) in [6.45, 7) is 4.11. The van der Waals surface area contributed by atoms with E-state index in [1.165, 1.54) is 141 Å². The highest BCUT2D eigenvalue weighted by Crippen LogP contribution is 2.43. The van der Waals surface area contributed by atoms with Crippen LogP contribution in [-0.2, 0) is 18.4 Å². The molecule has 1 amide bonds. The largest absolute Gasteiger partial charge is 0.472 e. The summed E-state index contributed by atoms with van der Waals surface area (Å²) >= 11 is 0. The van der Waals surface area contributed by atoms with E-state index < -0.39 is 20.0 Å². The third-order valence-electron chi connectivity index (χ3n) is 9.44. The molecule has 52 heavy (non-hydrogen) atoms. The van der Waals surface area contributed by atoms with Gasteiger partial charge in [0, 0.05) is 13.0 Å². The van der Waals surface area contributed by atoms with Gasteiger partial charge in [-0.2, -0.15) is 0 Å². The number of aliphatic hydroxyl groups is 1. The fraction of sp³-hybridized carbons (Fsp3) is 0.837. The fourth-order valence-electron chi connectivity index (χ4n) is 6.14. The second-order valence-electron chi connectivity index (χ2n) is 14.5. The van der Waals surface area contributed by atoms with Gasteiger partial charge >= 0.3 is 7.82 Å². The molecule has 0 aromatic carbocycles. The SMILES string of the molecule is CCCCCCCCC/C=C\CCCCCCCCCC(=O)NC(COP(=O)(O)OCCN)C(O)/C=C/CC/C=C/CCCCCCCCCCC. The van der Waals surface area contributed by atoms with Gasteiger partial charge in [-0.1, -0.05) is 172 Å². The van der Waals surface area contributed by atoms with Crippen molar-refractivity contribution in [1.82, 2.24) is 5.32 Å². The van der Waals surface area contributed by atoms with Crippen molar-refractivity contribution < 1.29 is 28.4 Å². The Labute approximate surface area is 320 Å². The van der Waals surface area contributed by atoms with Crippen LogP contribution in [0.3, 0.4) is 0 Å². The summed E-state index contributed by atoms with van der Waals surface area (Å²) in [5, 5.41) is 13.6. The number of rotatable bonds is 40. The number of amides is 1. The molecule has 0 bridgehead atoms. The Bertz CT molecular complexity index is 912. The van der Waals surface area contributed by atoms with Gasteiger partial charge in [0.05, 0.1) is 25.4 Å². The molecular formula is C43H83N2O6P. The van der Waals surface area contributed by atoms with E-state index in [1.807, 2.05) is 6.08 Å². The summed E-state index contributed by atoms with van der Waals surface area (Å²) in [5.74, 6) is -0.209. The molecular weight excluding hydrogens is 671 g/mol. The van der Waals surface area contributed by atoms with Crippen molar-refractivity contribution in [3.63, 3.8) is 0 Å².